The maximum Gasteiger partial charge on any atom is 0.269 e. The van der Waals surface area contributed by atoms with Gasteiger partial charge in [-0.05, 0) is 56.5 Å². The number of fused-ring (bicyclic) bond motifs is 1. The van der Waals surface area contributed by atoms with E-state index in [9.17, 15) is 4.79 Å². The normalized spacial score (nSPS) is 10.8. The number of rotatable bonds is 3. The predicted molar refractivity (Wildman–Crippen MR) is 96.1 cm³/mol. The summed E-state index contributed by atoms with van der Waals surface area (Å²) < 4.78 is 1.14. The van der Waals surface area contributed by atoms with E-state index in [0.717, 1.165) is 21.3 Å². The number of benzene rings is 2. The molecule has 1 aromatic heterocycles. The van der Waals surface area contributed by atoms with Gasteiger partial charge in [-0.25, -0.2) is 4.98 Å². The minimum atomic E-state index is -0.154. The van der Waals surface area contributed by atoms with Crippen LogP contribution in [0.4, 0.5) is 5.13 Å². The molecule has 3 aromatic rings. The van der Waals surface area contributed by atoms with Crippen molar-refractivity contribution >= 4 is 32.6 Å². The van der Waals surface area contributed by atoms with E-state index in [-0.39, 0.29) is 5.91 Å². The van der Waals surface area contributed by atoms with Gasteiger partial charge in [0, 0.05) is 5.56 Å². The first-order valence-electron chi connectivity index (χ1n) is 7.45. The molecule has 0 saturated carbocycles. The minimum absolute atomic E-state index is 0.154. The second-order valence-corrected chi connectivity index (χ2v) is 6.85. The Morgan fingerprint density at radius 2 is 1.78 bits per heavy atom. The molecule has 0 fully saturated rings. The molecule has 4 nitrogen and oxygen atoms in total. The van der Waals surface area contributed by atoms with E-state index < -0.39 is 0 Å². The lowest BCUT2D eigenvalue weighted by atomic mass is 10.1. The summed E-state index contributed by atoms with van der Waals surface area (Å²) in [6, 6.07) is 10.0. The molecule has 0 aliphatic heterocycles. The van der Waals surface area contributed by atoms with Crippen molar-refractivity contribution in [2.75, 3.05) is 5.43 Å². The summed E-state index contributed by atoms with van der Waals surface area (Å²) in [6.45, 7) is 8.04. The lowest BCUT2D eigenvalue weighted by Gasteiger charge is -2.08. The lowest BCUT2D eigenvalue weighted by Crippen LogP contribution is -2.29. The number of aryl methyl sites for hydroxylation is 4. The number of aromatic nitrogens is 1. The Morgan fingerprint density at radius 1 is 1.00 bits per heavy atom. The maximum absolute atomic E-state index is 12.3. The van der Waals surface area contributed by atoms with Gasteiger partial charge in [-0.15, -0.1) is 0 Å². The van der Waals surface area contributed by atoms with E-state index in [0.29, 0.717) is 10.7 Å². The largest absolute Gasteiger partial charge is 0.273 e. The van der Waals surface area contributed by atoms with Crippen molar-refractivity contribution in [1.82, 2.24) is 10.4 Å². The van der Waals surface area contributed by atoms with Gasteiger partial charge in [0.15, 0.2) is 0 Å². The minimum Gasteiger partial charge on any atom is -0.273 e. The molecule has 2 aromatic carbocycles. The third-order valence-electron chi connectivity index (χ3n) is 3.74. The molecular formula is C18H19N3OS. The second-order valence-electron chi connectivity index (χ2n) is 5.85. The van der Waals surface area contributed by atoms with Crippen LogP contribution in [0, 0.1) is 27.7 Å². The molecule has 3 rings (SSSR count). The van der Waals surface area contributed by atoms with Gasteiger partial charge in [-0.1, -0.05) is 35.1 Å². The Balaban J connectivity index is 1.79. The summed E-state index contributed by atoms with van der Waals surface area (Å²) in [6.07, 6.45) is 0. The first kappa shape index (κ1) is 15.5. The molecule has 0 radical (unpaired) electrons. The number of hydrogen-bond donors (Lipinski definition) is 2. The zero-order valence-electron chi connectivity index (χ0n) is 13.7. The number of anilines is 1. The molecule has 0 atom stereocenters. The van der Waals surface area contributed by atoms with Crippen LogP contribution in [0.25, 0.3) is 10.2 Å². The molecule has 23 heavy (non-hydrogen) atoms. The zero-order chi connectivity index (χ0) is 16.6. The van der Waals surface area contributed by atoms with Crippen LogP contribution in [0.5, 0.6) is 0 Å². The predicted octanol–water partition coefficient (Wildman–Crippen LogP) is 4.29. The zero-order valence-corrected chi connectivity index (χ0v) is 14.5. The molecule has 1 heterocycles. The van der Waals surface area contributed by atoms with E-state index in [1.54, 1.807) is 11.3 Å². The topological polar surface area (TPSA) is 54.0 Å². The Labute approximate surface area is 139 Å². The van der Waals surface area contributed by atoms with Crippen LogP contribution in [0.15, 0.2) is 30.3 Å². The first-order chi connectivity index (χ1) is 10.9. The fourth-order valence-electron chi connectivity index (χ4n) is 2.59. The standard InChI is InChI=1S/C18H19N3OS/c1-10-5-6-12(3)14(8-10)17(22)20-21-18-19-15-9-11(2)7-13(4)16(15)23-18/h5-9H,1-4H3,(H,19,21)(H,20,22). The maximum atomic E-state index is 12.3. The molecule has 2 N–H and O–H groups in total. The third-order valence-corrected chi connectivity index (χ3v) is 4.86. The van der Waals surface area contributed by atoms with Gasteiger partial charge in [0.1, 0.15) is 0 Å². The van der Waals surface area contributed by atoms with Crippen molar-refractivity contribution in [1.29, 1.82) is 0 Å². The van der Waals surface area contributed by atoms with Crippen LogP contribution in [0.3, 0.4) is 0 Å². The summed E-state index contributed by atoms with van der Waals surface area (Å²) in [5.41, 5.74) is 11.7. The molecule has 0 spiro atoms. The fourth-order valence-corrected chi connectivity index (χ4v) is 3.46. The average molecular weight is 325 g/mol. The Kier molecular flexibility index (Phi) is 4.05. The summed E-state index contributed by atoms with van der Waals surface area (Å²) >= 11 is 1.54. The highest BCUT2D eigenvalue weighted by molar-refractivity contribution is 7.22. The summed E-state index contributed by atoms with van der Waals surface area (Å²) in [5, 5.41) is 0.687. The van der Waals surface area contributed by atoms with Crippen LogP contribution in [0.1, 0.15) is 32.6 Å². The van der Waals surface area contributed by atoms with Gasteiger partial charge < -0.3 is 0 Å². The number of carbonyl (C=O) groups excluding carboxylic acids is 1. The SMILES string of the molecule is Cc1ccc(C)c(C(=O)NNc2nc3cc(C)cc(C)c3s2)c1. The van der Waals surface area contributed by atoms with Crippen molar-refractivity contribution in [2.24, 2.45) is 0 Å². The van der Waals surface area contributed by atoms with Crippen LogP contribution in [-0.4, -0.2) is 10.9 Å². The van der Waals surface area contributed by atoms with Crippen molar-refractivity contribution in [2.45, 2.75) is 27.7 Å². The van der Waals surface area contributed by atoms with Crippen molar-refractivity contribution < 1.29 is 4.79 Å². The quantitative estimate of drug-likeness (QED) is 0.706. The fraction of sp³-hybridized carbons (Fsp3) is 0.222. The molecule has 118 valence electrons. The second kappa shape index (κ2) is 6.01. The van der Waals surface area contributed by atoms with Gasteiger partial charge in [-0.3, -0.25) is 15.6 Å². The number of amides is 1. The smallest absolute Gasteiger partial charge is 0.269 e. The molecule has 1 amide bonds. The van der Waals surface area contributed by atoms with E-state index in [1.807, 2.05) is 32.0 Å². The lowest BCUT2D eigenvalue weighted by molar-refractivity contribution is 0.0962. The van der Waals surface area contributed by atoms with Gasteiger partial charge in [0.05, 0.1) is 10.2 Å². The molecule has 0 aliphatic rings. The van der Waals surface area contributed by atoms with E-state index in [2.05, 4.69) is 41.8 Å². The first-order valence-corrected chi connectivity index (χ1v) is 8.27. The summed E-state index contributed by atoms with van der Waals surface area (Å²) in [4.78, 5) is 16.9. The molecule has 0 unspecified atom stereocenters. The number of nitrogens with one attached hydrogen (secondary N) is 2. The van der Waals surface area contributed by atoms with Crippen molar-refractivity contribution in [3.05, 3.63) is 58.1 Å². The summed E-state index contributed by atoms with van der Waals surface area (Å²) in [5.74, 6) is -0.154. The number of hydrogen-bond acceptors (Lipinski definition) is 4. The van der Waals surface area contributed by atoms with Crippen LogP contribution < -0.4 is 10.9 Å². The highest BCUT2D eigenvalue weighted by atomic mass is 32.1. The van der Waals surface area contributed by atoms with Crippen LogP contribution in [0.2, 0.25) is 0 Å². The number of nitrogens with zero attached hydrogens (tertiary/aromatic N) is 1. The average Bonchev–Trinajstić information content (AvgIpc) is 2.90. The van der Waals surface area contributed by atoms with Crippen LogP contribution >= 0.6 is 11.3 Å². The number of carbonyl (C=O) groups is 1. The monoisotopic (exact) mass is 325 g/mol. The Hall–Kier alpha value is -2.40. The van der Waals surface area contributed by atoms with Crippen molar-refractivity contribution in [3.8, 4) is 0 Å². The Morgan fingerprint density at radius 3 is 2.57 bits per heavy atom. The molecule has 0 saturated heterocycles. The third kappa shape index (κ3) is 3.19. The van der Waals surface area contributed by atoms with Crippen molar-refractivity contribution in [3.63, 3.8) is 0 Å². The van der Waals surface area contributed by atoms with E-state index >= 15 is 0 Å². The summed E-state index contributed by atoms with van der Waals surface area (Å²) in [7, 11) is 0. The highest BCUT2D eigenvalue weighted by Gasteiger charge is 2.11. The molecule has 0 aliphatic carbocycles. The van der Waals surface area contributed by atoms with Gasteiger partial charge in [0.25, 0.3) is 5.91 Å². The molecular weight excluding hydrogens is 306 g/mol. The Bertz CT molecular complexity index is 899. The van der Waals surface area contributed by atoms with Gasteiger partial charge in [-0.2, -0.15) is 0 Å². The van der Waals surface area contributed by atoms with Crippen LogP contribution in [-0.2, 0) is 0 Å². The van der Waals surface area contributed by atoms with Gasteiger partial charge in [0.2, 0.25) is 5.13 Å². The number of hydrazine groups is 1. The van der Waals surface area contributed by atoms with E-state index in [1.165, 1.54) is 11.1 Å². The molecule has 0 bridgehead atoms. The molecule has 5 heteroatoms. The highest BCUT2D eigenvalue weighted by Crippen LogP contribution is 2.29. The van der Waals surface area contributed by atoms with Gasteiger partial charge >= 0.3 is 0 Å². The van der Waals surface area contributed by atoms with E-state index in [4.69, 9.17) is 0 Å². The number of thiazole rings is 1.